The Morgan fingerprint density at radius 3 is 2.80 bits per heavy atom. The van der Waals surface area contributed by atoms with Crippen LogP contribution in [0.1, 0.15) is 18.9 Å². The van der Waals surface area contributed by atoms with Gasteiger partial charge in [0.25, 0.3) is 0 Å². The average Bonchev–Trinajstić information content (AvgIpc) is 2.19. The summed E-state index contributed by atoms with van der Waals surface area (Å²) < 4.78 is 18.0. The van der Waals surface area contributed by atoms with E-state index >= 15 is 0 Å². The fourth-order valence-corrected chi connectivity index (χ4v) is 1.19. The van der Waals surface area contributed by atoms with Crippen molar-refractivity contribution in [3.05, 3.63) is 42.1 Å². The molecule has 1 aromatic carbocycles. The third-order valence-corrected chi connectivity index (χ3v) is 1.94. The lowest BCUT2D eigenvalue weighted by molar-refractivity contribution is 0.121. The maximum atomic E-state index is 13.2. The number of benzene rings is 1. The Kier molecular flexibility index (Phi) is 4.09. The van der Waals surface area contributed by atoms with E-state index in [1.165, 1.54) is 6.07 Å². The molecule has 0 spiro atoms. The first-order valence-electron chi connectivity index (χ1n) is 4.69. The van der Waals surface area contributed by atoms with Crippen LogP contribution < -0.4 is 5.73 Å². The third kappa shape index (κ3) is 3.58. The highest BCUT2D eigenvalue weighted by atomic mass is 19.1. The molecule has 0 saturated carbocycles. The van der Waals surface area contributed by atoms with Crippen LogP contribution in [-0.4, -0.2) is 12.2 Å². The molecule has 0 aliphatic heterocycles. The second-order valence-electron chi connectivity index (χ2n) is 3.07. The molecule has 1 radical (unpaired) electrons. The second kappa shape index (κ2) is 5.34. The first-order chi connectivity index (χ1) is 7.13. The summed E-state index contributed by atoms with van der Waals surface area (Å²) in [5, 5.41) is 0. The summed E-state index contributed by atoms with van der Waals surface area (Å²) in [5.41, 5.74) is 5.29. The molecule has 15 heavy (non-hydrogen) atoms. The molecule has 1 aromatic rings. The van der Waals surface area contributed by atoms with Gasteiger partial charge in [-0.25, -0.2) is 9.18 Å². The maximum absolute atomic E-state index is 13.2. The van der Waals surface area contributed by atoms with Gasteiger partial charge in [-0.05, 0) is 18.1 Å². The molecule has 0 aliphatic carbocycles. The number of ether oxygens (including phenoxy) is 1. The van der Waals surface area contributed by atoms with Crippen molar-refractivity contribution >= 4 is 6.09 Å². The highest BCUT2D eigenvalue weighted by molar-refractivity contribution is 5.65. The van der Waals surface area contributed by atoms with Crippen molar-refractivity contribution in [3.8, 4) is 0 Å². The second-order valence-corrected chi connectivity index (χ2v) is 3.07. The van der Waals surface area contributed by atoms with Crippen LogP contribution in [0.5, 0.6) is 0 Å². The van der Waals surface area contributed by atoms with Crippen molar-refractivity contribution in [2.75, 3.05) is 0 Å². The predicted molar refractivity (Wildman–Crippen MR) is 54.5 cm³/mol. The number of carbonyl (C=O) groups is 1. The number of hydrogen-bond donors (Lipinski definition) is 1. The summed E-state index contributed by atoms with van der Waals surface area (Å²) in [6.45, 7) is 1.82. The van der Waals surface area contributed by atoms with E-state index in [9.17, 15) is 9.18 Å². The third-order valence-electron chi connectivity index (χ3n) is 1.94. The molecule has 1 atom stereocenters. The maximum Gasteiger partial charge on any atom is 0.404 e. The molecule has 0 heterocycles. The van der Waals surface area contributed by atoms with Crippen molar-refractivity contribution in [2.24, 2.45) is 5.73 Å². The molecule has 1 unspecified atom stereocenters. The molecule has 0 saturated heterocycles. The lowest BCUT2D eigenvalue weighted by Crippen LogP contribution is -2.23. The average molecular weight is 210 g/mol. The fourth-order valence-electron chi connectivity index (χ4n) is 1.19. The van der Waals surface area contributed by atoms with Crippen LogP contribution in [0.15, 0.2) is 24.3 Å². The van der Waals surface area contributed by atoms with Crippen LogP contribution >= 0.6 is 0 Å². The minimum Gasteiger partial charge on any atom is -0.446 e. The van der Waals surface area contributed by atoms with Crippen LogP contribution in [0.25, 0.3) is 0 Å². The molecule has 3 nitrogen and oxygen atoms in total. The zero-order valence-electron chi connectivity index (χ0n) is 8.44. The van der Waals surface area contributed by atoms with Crippen LogP contribution in [0.2, 0.25) is 0 Å². The van der Waals surface area contributed by atoms with Crippen LogP contribution in [-0.2, 0) is 4.74 Å². The minimum absolute atomic E-state index is 0.343. The Labute approximate surface area is 88.0 Å². The molecule has 0 bridgehead atoms. The van der Waals surface area contributed by atoms with Crippen molar-refractivity contribution in [1.82, 2.24) is 0 Å². The van der Waals surface area contributed by atoms with Crippen molar-refractivity contribution < 1.29 is 13.9 Å². The number of nitrogens with two attached hydrogens (primary N) is 1. The highest BCUT2D eigenvalue weighted by Gasteiger charge is 2.13. The van der Waals surface area contributed by atoms with Crippen molar-refractivity contribution in [1.29, 1.82) is 0 Å². The van der Waals surface area contributed by atoms with E-state index in [2.05, 4.69) is 0 Å². The van der Waals surface area contributed by atoms with E-state index in [0.29, 0.717) is 12.0 Å². The molecule has 81 valence electrons. The van der Waals surface area contributed by atoms with Gasteiger partial charge < -0.3 is 10.5 Å². The molecule has 1 amide bonds. The number of rotatable bonds is 4. The lowest BCUT2D eigenvalue weighted by Gasteiger charge is -2.14. The Morgan fingerprint density at radius 1 is 1.60 bits per heavy atom. The lowest BCUT2D eigenvalue weighted by atomic mass is 10.1. The first kappa shape index (κ1) is 11.5. The van der Waals surface area contributed by atoms with E-state index in [1.807, 2.05) is 6.92 Å². The minimum atomic E-state index is -0.852. The van der Waals surface area contributed by atoms with Gasteiger partial charge in [-0.1, -0.05) is 25.1 Å². The summed E-state index contributed by atoms with van der Waals surface area (Å²) in [7, 11) is 0. The number of primary amides is 1. The first-order valence-corrected chi connectivity index (χ1v) is 4.69. The summed E-state index contributed by atoms with van der Waals surface area (Å²) >= 11 is 0. The van der Waals surface area contributed by atoms with Gasteiger partial charge in [0.15, 0.2) is 0 Å². The van der Waals surface area contributed by atoms with E-state index in [0.717, 1.165) is 0 Å². The van der Waals surface area contributed by atoms with Gasteiger partial charge in [-0.2, -0.15) is 0 Å². The largest absolute Gasteiger partial charge is 0.446 e. The molecule has 0 fully saturated rings. The van der Waals surface area contributed by atoms with Crippen LogP contribution in [0.4, 0.5) is 9.18 Å². The van der Waals surface area contributed by atoms with Gasteiger partial charge in [0, 0.05) is 6.42 Å². The van der Waals surface area contributed by atoms with Gasteiger partial charge in [-0.15, -0.1) is 0 Å². The van der Waals surface area contributed by atoms with E-state index in [-0.39, 0.29) is 5.82 Å². The standard InChI is InChI=1S/C11H13FNO2/c1-2-9(15-11(13)14)7-8-5-3-4-6-10(8)12/h3-7,9H,2H2,1H3,(H2,13,14). The molecule has 1 rings (SSSR count). The highest BCUT2D eigenvalue weighted by Crippen LogP contribution is 2.14. The molecular formula is C11H13FNO2. The van der Waals surface area contributed by atoms with Gasteiger partial charge >= 0.3 is 6.09 Å². The monoisotopic (exact) mass is 210 g/mol. The van der Waals surface area contributed by atoms with Crippen LogP contribution in [0.3, 0.4) is 0 Å². The predicted octanol–water partition coefficient (Wildman–Crippen LogP) is 2.25. The van der Waals surface area contributed by atoms with Crippen molar-refractivity contribution in [3.63, 3.8) is 0 Å². The number of amides is 1. The summed E-state index contributed by atoms with van der Waals surface area (Å²) in [6.07, 6.45) is 0.756. The fraction of sp³-hybridized carbons (Fsp3) is 0.273. The molecule has 0 aromatic heterocycles. The summed E-state index contributed by atoms with van der Waals surface area (Å²) in [5.74, 6) is -0.343. The number of hydrogen-bond acceptors (Lipinski definition) is 2. The topological polar surface area (TPSA) is 52.3 Å². The normalized spacial score (nSPS) is 12.1. The van der Waals surface area contributed by atoms with E-state index in [4.69, 9.17) is 10.5 Å². The molecule has 2 N–H and O–H groups in total. The Balaban J connectivity index is 2.66. The Morgan fingerprint density at radius 2 is 2.27 bits per heavy atom. The quantitative estimate of drug-likeness (QED) is 0.828. The Bertz CT molecular complexity index is 341. The molecule has 4 heteroatoms. The van der Waals surface area contributed by atoms with Crippen molar-refractivity contribution in [2.45, 2.75) is 19.4 Å². The summed E-state index contributed by atoms with van der Waals surface area (Å²) in [6, 6.07) is 6.28. The Hall–Kier alpha value is -1.58. The van der Waals surface area contributed by atoms with Gasteiger partial charge in [0.1, 0.15) is 11.9 Å². The SMILES string of the molecule is CCC([CH]c1ccccc1F)OC(N)=O. The zero-order valence-corrected chi connectivity index (χ0v) is 8.44. The van der Waals surface area contributed by atoms with Crippen LogP contribution in [0, 0.1) is 12.2 Å². The van der Waals surface area contributed by atoms with Gasteiger partial charge in [0.05, 0.1) is 0 Å². The number of carbonyl (C=O) groups excluding carboxylic acids is 1. The molecular weight excluding hydrogens is 197 g/mol. The zero-order chi connectivity index (χ0) is 11.3. The van der Waals surface area contributed by atoms with E-state index < -0.39 is 12.2 Å². The van der Waals surface area contributed by atoms with Gasteiger partial charge in [0.2, 0.25) is 0 Å². The number of halogens is 1. The smallest absolute Gasteiger partial charge is 0.404 e. The van der Waals surface area contributed by atoms with E-state index in [1.54, 1.807) is 24.6 Å². The van der Waals surface area contributed by atoms with Gasteiger partial charge in [-0.3, -0.25) is 0 Å². The summed E-state index contributed by atoms with van der Waals surface area (Å²) in [4.78, 5) is 10.5. The molecule has 0 aliphatic rings.